The fourth-order valence-electron chi connectivity index (χ4n) is 3.96. The van der Waals surface area contributed by atoms with Crippen LogP contribution in [-0.4, -0.2) is 81.8 Å². The average Bonchev–Trinajstić information content (AvgIpc) is 2.90. The smallest absolute Gasteiger partial charge is 0.340 e. The van der Waals surface area contributed by atoms with Crippen molar-refractivity contribution in [1.82, 2.24) is 9.80 Å². The number of piperazine rings is 1. The van der Waals surface area contributed by atoms with Crippen LogP contribution in [0.15, 0.2) is 54.2 Å². The molecule has 0 aliphatic carbocycles. The van der Waals surface area contributed by atoms with E-state index < -0.39 is 12.3 Å². The second-order valence-electron chi connectivity index (χ2n) is 8.25. The third-order valence-electron chi connectivity index (χ3n) is 6.01. The van der Waals surface area contributed by atoms with Crippen molar-refractivity contribution >= 4 is 11.7 Å². The average molecular weight is 486 g/mol. The molecule has 35 heavy (non-hydrogen) atoms. The standard InChI is InChI=1S/C26H35N3O6/c1-32-22-8-5-19(6-9-22)17-28-11-13-29(14-12-28)18-20-15-21(7-10-24(20)33-2)27-16-23(25(30)34-3)26(31)35-4/h5-10,15-16,25,27,30H,11-14,17-18H2,1-4H3/b23-16+. The zero-order valence-electron chi connectivity index (χ0n) is 20.8. The van der Waals surface area contributed by atoms with Gasteiger partial charge in [-0.3, -0.25) is 9.80 Å². The Kier molecular flexibility index (Phi) is 9.92. The van der Waals surface area contributed by atoms with Crippen molar-refractivity contribution in [2.45, 2.75) is 19.4 Å². The molecule has 2 aromatic carbocycles. The number of rotatable bonds is 11. The number of aliphatic hydroxyl groups excluding tert-OH is 1. The van der Waals surface area contributed by atoms with Gasteiger partial charge in [0.25, 0.3) is 0 Å². The molecule has 2 N–H and O–H groups in total. The van der Waals surface area contributed by atoms with Crippen molar-refractivity contribution < 1.29 is 28.8 Å². The molecule has 1 heterocycles. The van der Waals surface area contributed by atoms with Crippen LogP contribution in [0.5, 0.6) is 11.5 Å². The Morgan fingerprint density at radius 2 is 1.63 bits per heavy atom. The lowest BCUT2D eigenvalue weighted by atomic mass is 10.1. The summed E-state index contributed by atoms with van der Waals surface area (Å²) in [5, 5.41) is 13.0. The molecule has 2 aromatic rings. The van der Waals surface area contributed by atoms with Gasteiger partial charge in [0.2, 0.25) is 0 Å². The van der Waals surface area contributed by atoms with E-state index in [1.807, 2.05) is 30.3 Å². The summed E-state index contributed by atoms with van der Waals surface area (Å²) in [4.78, 5) is 16.8. The third kappa shape index (κ3) is 7.43. The Labute approximate surface area is 206 Å². The molecule has 3 rings (SSSR count). The summed E-state index contributed by atoms with van der Waals surface area (Å²) in [6.45, 7) is 5.51. The van der Waals surface area contributed by atoms with Gasteiger partial charge in [-0.05, 0) is 35.9 Å². The topological polar surface area (TPSA) is 92.7 Å². The Balaban J connectivity index is 1.61. The molecule has 9 heteroatoms. The summed E-state index contributed by atoms with van der Waals surface area (Å²) in [7, 11) is 5.89. The van der Waals surface area contributed by atoms with E-state index in [4.69, 9.17) is 18.9 Å². The van der Waals surface area contributed by atoms with Gasteiger partial charge in [-0.2, -0.15) is 0 Å². The van der Waals surface area contributed by atoms with Crippen LogP contribution in [-0.2, 0) is 27.4 Å². The minimum atomic E-state index is -1.39. The van der Waals surface area contributed by atoms with E-state index in [0.29, 0.717) is 0 Å². The summed E-state index contributed by atoms with van der Waals surface area (Å²) in [5.74, 6) is 0.995. The molecule has 0 radical (unpaired) electrons. The molecule has 9 nitrogen and oxygen atoms in total. The van der Waals surface area contributed by atoms with Crippen LogP contribution in [0.3, 0.4) is 0 Å². The molecular formula is C26H35N3O6. The first-order chi connectivity index (χ1) is 17.0. The van der Waals surface area contributed by atoms with Crippen molar-refractivity contribution in [3.05, 3.63) is 65.4 Å². The van der Waals surface area contributed by atoms with E-state index in [0.717, 1.165) is 62.0 Å². The number of anilines is 1. The van der Waals surface area contributed by atoms with Crippen molar-refractivity contribution in [1.29, 1.82) is 0 Å². The molecule has 1 aliphatic heterocycles. The Morgan fingerprint density at radius 1 is 0.971 bits per heavy atom. The second kappa shape index (κ2) is 13.1. The molecule has 0 aromatic heterocycles. The van der Waals surface area contributed by atoms with Gasteiger partial charge in [0, 0.05) is 63.8 Å². The molecule has 0 amide bonds. The highest BCUT2D eigenvalue weighted by Gasteiger charge is 2.20. The molecule has 1 saturated heterocycles. The molecule has 1 atom stereocenters. The normalized spacial score (nSPS) is 16.0. The Bertz CT molecular complexity index is 987. The summed E-state index contributed by atoms with van der Waals surface area (Å²) in [6.07, 6.45) is 0.00524. The maximum atomic E-state index is 11.9. The van der Waals surface area contributed by atoms with Crippen LogP contribution >= 0.6 is 0 Å². The van der Waals surface area contributed by atoms with Crippen LogP contribution in [0.4, 0.5) is 5.69 Å². The third-order valence-corrected chi connectivity index (χ3v) is 6.01. The molecule has 0 saturated carbocycles. The number of carbonyl (C=O) groups is 1. The first-order valence-corrected chi connectivity index (χ1v) is 11.5. The van der Waals surface area contributed by atoms with E-state index >= 15 is 0 Å². The number of nitrogens with one attached hydrogen (secondary N) is 1. The highest BCUT2D eigenvalue weighted by molar-refractivity contribution is 5.89. The highest BCUT2D eigenvalue weighted by Crippen LogP contribution is 2.25. The second-order valence-corrected chi connectivity index (χ2v) is 8.25. The lowest BCUT2D eigenvalue weighted by Crippen LogP contribution is -2.45. The molecule has 190 valence electrons. The number of ether oxygens (including phenoxy) is 4. The van der Waals surface area contributed by atoms with Crippen LogP contribution in [0, 0.1) is 0 Å². The van der Waals surface area contributed by atoms with Gasteiger partial charge in [0.15, 0.2) is 6.29 Å². The van der Waals surface area contributed by atoms with Crippen LogP contribution in [0.2, 0.25) is 0 Å². The minimum absolute atomic E-state index is 0.0275. The maximum Gasteiger partial charge on any atom is 0.340 e. The van der Waals surface area contributed by atoms with Gasteiger partial charge >= 0.3 is 5.97 Å². The summed E-state index contributed by atoms with van der Waals surface area (Å²) in [5.41, 5.74) is 3.03. The zero-order chi connectivity index (χ0) is 25.2. The van der Waals surface area contributed by atoms with Gasteiger partial charge in [0.1, 0.15) is 17.1 Å². The molecule has 0 bridgehead atoms. The van der Waals surface area contributed by atoms with Crippen molar-refractivity contribution in [2.24, 2.45) is 0 Å². The predicted octanol–water partition coefficient (Wildman–Crippen LogP) is 2.46. The lowest BCUT2D eigenvalue weighted by molar-refractivity contribution is -0.141. The summed E-state index contributed by atoms with van der Waals surface area (Å²) < 4.78 is 20.4. The number of aliphatic hydroxyl groups is 1. The monoisotopic (exact) mass is 485 g/mol. The van der Waals surface area contributed by atoms with Crippen LogP contribution < -0.4 is 14.8 Å². The van der Waals surface area contributed by atoms with E-state index in [2.05, 4.69) is 27.2 Å². The molecule has 1 fully saturated rings. The van der Waals surface area contributed by atoms with Gasteiger partial charge < -0.3 is 29.4 Å². The van der Waals surface area contributed by atoms with E-state index in [1.165, 1.54) is 26.0 Å². The zero-order valence-corrected chi connectivity index (χ0v) is 20.8. The quantitative estimate of drug-likeness (QED) is 0.283. The summed E-state index contributed by atoms with van der Waals surface area (Å²) in [6, 6.07) is 13.9. The Morgan fingerprint density at radius 3 is 2.20 bits per heavy atom. The first-order valence-electron chi connectivity index (χ1n) is 11.5. The Hall–Kier alpha value is -3.11. The van der Waals surface area contributed by atoms with E-state index in [9.17, 15) is 9.90 Å². The number of hydrogen-bond donors (Lipinski definition) is 2. The lowest BCUT2D eigenvalue weighted by Gasteiger charge is -2.35. The van der Waals surface area contributed by atoms with Gasteiger partial charge in [-0.1, -0.05) is 12.1 Å². The van der Waals surface area contributed by atoms with Crippen molar-refractivity contribution in [2.75, 3.05) is 59.9 Å². The molecule has 0 spiro atoms. The highest BCUT2D eigenvalue weighted by atomic mass is 16.6. The van der Waals surface area contributed by atoms with Gasteiger partial charge in [-0.15, -0.1) is 0 Å². The minimum Gasteiger partial charge on any atom is -0.497 e. The fraction of sp³-hybridized carbons (Fsp3) is 0.423. The molecular weight excluding hydrogens is 450 g/mol. The predicted molar refractivity (Wildman–Crippen MR) is 133 cm³/mol. The van der Waals surface area contributed by atoms with E-state index in [-0.39, 0.29) is 5.57 Å². The fourth-order valence-corrected chi connectivity index (χ4v) is 3.96. The van der Waals surface area contributed by atoms with Gasteiger partial charge in [-0.25, -0.2) is 4.79 Å². The number of carbonyl (C=O) groups excluding carboxylic acids is 1. The van der Waals surface area contributed by atoms with Crippen LogP contribution in [0.1, 0.15) is 11.1 Å². The number of esters is 1. The van der Waals surface area contributed by atoms with E-state index in [1.54, 1.807) is 14.2 Å². The largest absolute Gasteiger partial charge is 0.497 e. The van der Waals surface area contributed by atoms with Crippen LogP contribution in [0.25, 0.3) is 0 Å². The molecule has 1 aliphatic rings. The number of benzene rings is 2. The first kappa shape index (κ1) is 26.5. The number of hydrogen-bond acceptors (Lipinski definition) is 9. The van der Waals surface area contributed by atoms with Crippen molar-refractivity contribution in [3.8, 4) is 11.5 Å². The van der Waals surface area contributed by atoms with Crippen molar-refractivity contribution in [3.63, 3.8) is 0 Å². The maximum absolute atomic E-state index is 11.9. The number of methoxy groups -OCH3 is 4. The summed E-state index contributed by atoms with van der Waals surface area (Å²) >= 11 is 0. The number of nitrogens with zero attached hydrogens (tertiary/aromatic N) is 2. The SMILES string of the molecule is COC(=O)/C(=C/Nc1ccc(OC)c(CN2CCN(Cc3ccc(OC)cc3)CC2)c1)C(O)OC. The molecule has 1 unspecified atom stereocenters. The van der Waals surface area contributed by atoms with Gasteiger partial charge in [0.05, 0.1) is 21.3 Å².